The lowest BCUT2D eigenvalue weighted by Gasteiger charge is -2.40. The first-order valence-electron chi connectivity index (χ1n) is 8.23. The predicted molar refractivity (Wildman–Crippen MR) is 91.2 cm³/mol. The van der Waals surface area contributed by atoms with E-state index in [9.17, 15) is 0 Å². The van der Waals surface area contributed by atoms with E-state index in [-0.39, 0.29) is 6.04 Å². The fourth-order valence-electron chi connectivity index (χ4n) is 3.51. The Morgan fingerprint density at radius 3 is 2.92 bits per heavy atom. The molecular weight excluding hydrogens is 304 g/mol. The van der Waals surface area contributed by atoms with Crippen LogP contribution in [0.4, 0.5) is 0 Å². The third-order valence-electron chi connectivity index (χ3n) is 4.53. The molecule has 0 aliphatic carbocycles. The van der Waals surface area contributed by atoms with E-state index in [1.165, 1.54) is 5.57 Å². The molecule has 1 aromatic rings. The summed E-state index contributed by atoms with van der Waals surface area (Å²) in [4.78, 5) is 19.0. The van der Waals surface area contributed by atoms with Gasteiger partial charge in [-0.2, -0.15) is 0 Å². The van der Waals surface area contributed by atoms with E-state index in [0.29, 0.717) is 6.67 Å². The summed E-state index contributed by atoms with van der Waals surface area (Å²) in [7, 11) is 1.69. The van der Waals surface area contributed by atoms with E-state index < -0.39 is 0 Å². The first kappa shape index (κ1) is 15.0. The molecule has 3 aliphatic rings. The minimum atomic E-state index is 0.0741. The average molecular weight is 326 g/mol. The lowest BCUT2D eigenvalue weighted by molar-refractivity contribution is -0.0968. The zero-order chi connectivity index (χ0) is 16.7. The van der Waals surface area contributed by atoms with Crippen molar-refractivity contribution in [1.82, 2.24) is 24.4 Å². The third kappa shape index (κ3) is 2.24. The maximum absolute atomic E-state index is 5.38. The van der Waals surface area contributed by atoms with Crippen LogP contribution in [0.15, 0.2) is 58.9 Å². The van der Waals surface area contributed by atoms with Gasteiger partial charge in [0.2, 0.25) is 0 Å². The monoisotopic (exact) mass is 326 g/mol. The Hall–Kier alpha value is -2.54. The number of nitrogens with zero attached hydrogens (tertiary/aromatic N) is 6. The van der Waals surface area contributed by atoms with Crippen molar-refractivity contribution in [2.24, 2.45) is 4.99 Å². The van der Waals surface area contributed by atoms with Crippen LogP contribution in [0.25, 0.3) is 0 Å². The Bertz CT molecular complexity index is 745. The highest BCUT2D eigenvalue weighted by molar-refractivity contribution is 5.81. The molecule has 0 saturated carbocycles. The van der Waals surface area contributed by atoms with E-state index in [1.54, 1.807) is 7.11 Å². The van der Waals surface area contributed by atoms with Crippen LogP contribution in [0.2, 0.25) is 0 Å². The van der Waals surface area contributed by atoms with Crippen molar-refractivity contribution in [2.45, 2.75) is 26.3 Å². The Morgan fingerprint density at radius 1 is 1.33 bits per heavy atom. The molecule has 4 heterocycles. The number of allylic oxidation sites excluding steroid dienone is 2. The molecule has 0 saturated heterocycles. The minimum Gasteiger partial charge on any atom is -0.333 e. The van der Waals surface area contributed by atoms with Crippen LogP contribution < -0.4 is 0 Å². The maximum Gasteiger partial charge on any atom is 0.139 e. The largest absolute Gasteiger partial charge is 0.333 e. The standard InChI is InChI=1S/C17H22N6O/c1-4-6-20-9-13(2)16(21-7-5-18-11-21)15-17(20)23-12-22(24-3)10-14(23)8-19-15/h5,7-11,16H,4,6,12H2,1-3H3. The van der Waals surface area contributed by atoms with Crippen LogP contribution in [-0.4, -0.2) is 51.0 Å². The lowest BCUT2D eigenvalue weighted by atomic mass is 10.0. The lowest BCUT2D eigenvalue weighted by Crippen LogP contribution is -2.40. The second-order valence-electron chi connectivity index (χ2n) is 6.17. The fourth-order valence-corrected chi connectivity index (χ4v) is 3.51. The van der Waals surface area contributed by atoms with Crippen LogP contribution in [0.1, 0.15) is 26.3 Å². The van der Waals surface area contributed by atoms with Gasteiger partial charge in [0, 0.05) is 25.1 Å². The number of hydrogen-bond donors (Lipinski definition) is 0. The van der Waals surface area contributed by atoms with Gasteiger partial charge >= 0.3 is 0 Å². The number of hydrogen-bond acceptors (Lipinski definition) is 6. The summed E-state index contributed by atoms with van der Waals surface area (Å²) in [5.74, 6) is 1.13. The van der Waals surface area contributed by atoms with Crippen LogP contribution >= 0.6 is 0 Å². The summed E-state index contributed by atoms with van der Waals surface area (Å²) >= 11 is 0. The average Bonchev–Trinajstić information content (AvgIpc) is 3.23. The van der Waals surface area contributed by atoms with Crippen LogP contribution in [-0.2, 0) is 4.84 Å². The fraction of sp³-hybridized carbons (Fsp3) is 0.412. The number of fused-ring (bicyclic) bond motifs is 2. The molecule has 3 aliphatic heterocycles. The van der Waals surface area contributed by atoms with Gasteiger partial charge in [-0.15, -0.1) is 0 Å². The summed E-state index contributed by atoms with van der Waals surface area (Å²) in [5, 5.41) is 1.82. The van der Waals surface area contributed by atoms with Crippen molar-refractivity contribution in [1.29, 1.82) is 0 Å². The number of hydroxylamine groups is 2. The Kier molecular flexibility index (Phi) is 3.65. The van der Waals surface area contributed by atoms with E-state index in [2.05, 4.69) is 39.4 Å². The van der Waals surface area contributed by atoms with Gasteiger partial charge in [-0.25, -0.2) is 10.0 Å². The smallest absolute Gasteiger partial charge is 0.139 e. The second-order valence-corrected chi connectivity index (χ2v) is 6.17. The molecule has 7 heteroatoms. The van der Waals surface area contributed by atoms with Gasteiger partial charge in [0.05, 0.1) is 31.5 Å². The summed E-state index contributed by atoms with van der Waals surface area (Å²) in [5.41, 5.74) is 3.36. The van der Waals surface area contributed by atoms with E-state index in [4.69, 9.17) is 9.83 Å². The molecule has 0 spiro atoms. The highest BCUT2D eigenvalue weighted by atomic mass is 16.7. The van der Waals surface area contributed by atoms with E-state index in [0.717, 1.165) is 30.2 Å². The molecule has 7 nitrogen and oxygen atoms in total. The molecule has 0 bridgehead atoms. The van der Waals surface area contributed by atoms with Crippen molar-refractivity contribution < 1.29 is 4.84 Å². The Labute approximate surface area is 141 Å². The zero-order valence-electron chi connectivity index (χ0n) is 14.3. The molecular formula is C17H22N6O. The topological polar surface area (TPSA) is 49.1 Å². The van der Waals surface area contributed by atoms with Crippen LogP contribution in [0.3, 0.4) is 0 Å². The molecule has 0 N–H and O–H groups in total. The van der Waals surface area contributed by atoms with Gasteiger partial charge in [0.1, 0.15) is 24.2 Å². The normalized spacial score (nSPS) is 22.6. The summed E-state index contributed by atoms with van der Waals surface area (Å²) in [6.07, 6.45) is 12.9. The Morgan fingerprint density at radius 2 is 2.21 bits per heavy atom. The van der Waals surface area contributed by atoms with Gasteiger partial charge < -0.3 is 14.4 Å². The molecule has 1 atom stereocenters. The van der Waals surface area contributed by atoms with Gasteiger partial charge in [0.25, 0.3) is 0 Å². The second kappa shape index (κ2) is 5.83. The Balaban J connectivity index is 1.80. The number of imidazole rings is 1. The van der Waals surface area contributed by atoms with Crippen molar-refractivity contribution in [3.8, 4) is 0 Å². The minimum absolute atomic E-state index is 0.0741. The molecule has 126 valence electrons. The van der Waals surface area contributed by atoms with Crippen LogP contribution in [0.5, 0.6) is 0 Å². The quantitative estimate of drug-likeness (QED) is 0.850. The summed E-state index contributed by atoms with van der Waals surface area (Å²) in [6, 6.07) is 0.0741. The summed E-state index contributed by atoms with van der Waals surface area (Å²) < 4.78 is 2.11. The van der Waals surface area contributed by atoms with E-state index in [1.807, 2.05) is 36.2 Å². The zero-order valence-corrected chi connectivity index (χ0v) is 14.3. The maximum atomic E-state index is 5.38. The molecule has 1 unspecified atom stereocenters. The molecule has 0 fully saturated rings. The molecule has 1 aromatic heterocycles. The summed E-state index contributed by atoms with van der Waals surface area (Å²) in [6.45, 7) is 5.97. The third-order valence-corrected chi connectivity index (χ3v) is 4.53. The van der Waals surface area contributed by atoms with Gasteiger partial charge in [-0.05, 0) is 18.9 Å². The molecule has 24 heavy (non-hydrogen) atoms. The van der Waals surface area contributed by atoms with Crippen LogP contribution in [0, 0.1) is 0 Å². The number of rotatable bonds is 4. The highest BCUT2D eigenvalue weighted by Gasteiger charge is 2.37. The molecule has 0 aromatic carbocycles. The number of aliphatic imine (C=N–C) groups is 1. The van der Waals surface area contributed by atoms with Crippen molar-refractivity contribution in [3.63, 3.8) is 0 Å². The number of aromatic nitrogens is 2. The molecule has 4 rings (SSSR count). The van der Waals surface area contributed by atoms with Gasteiger partial charge in [-0.1, -0.05) is 6.92 Å². The molecule has 0 radical (unpaired) electrons. The first-order chi connectivity index (χ1) is 11.7. The van der Waals surface area contributed by atoms with Crippen molar-refractivity contribution >= 4 is 6.21 Å². The predicted octanol–water partition coefficient (Wildman–Crippen LogP) is 2.29. The SMILES string of the molecule is CCCN1C=C(C)C(n2ccnc2)C2=C1N1CN(OC)C=C1C=N2. The van der Waals surface area contributed by atoms with Crippen molar-refractivity contribution in [2.75, 3.05) is 20.3 Å². The van der Waals surface area contributed by atoms with Gasteiger partial charge in [0.15, 0.2) is 0 Å². The van der Waals surface area contributed by atoms with Crippen molar-refractivity contribution in [3.05, 3.63) is 53.9 Å². The first-order valence-corrected chi connectivity index (χ1v) is 8.23. The van der Waals surface area contributed by atoms with E-state index >= 15 is 0 Å². The highest BCUT2D eigenvalue weighted by Crippen LogP contribution is 2.40. The van der Waals surface area contributed by atoms with Gasteiger partial charge in [-0.3, -0.25) is 9.83 Å². The molecule has 0 amide bonds.